The molecule has 1 fully saturated rings. The second kappa shape index (κ2) is 12.4. The quantitative estimate of drug-likeness (QED) is 0.259. The zero-order chi connectivity index (χ0) is 29.9. The molecule has 2 aliphatic rings. The van der Waals surface area contributed by atoms with Crippen LogP contribution in [0.5, 0.6) is 11.6 Å². The Morgan fingerprint density at radius 2 is 1.85 bits per heavy atom. The topological polar surface area (TPSA) is 96.7 Å². The number of hydrogen-bond acceptors (Lipinski definition) is 8. The Hall–Kier alpha value is -3.77. The summed E-state index contributed by atoms with van der Waals surface area (Å²) in [4.78, 5) is 31.5. The van der Waals surface area contributed by atoms with Crippen LogP contribution in [0.4, 0.5) is 23.2 Å². The largest absolute Gasteiger partial charge is 0.465 e. The van der Waals surface area contributed by atoms with Gasteiger partial charge in [0, 0.05) is 30.3 Å². The molecule has 2 aromatic rings. The van der Waals surface area contributed by atoms with Gasteiger partial charge in [0.25, 0.3) is 0 Å². The fourth-order valence-electron chi connectivity index (χ4n) is 5.08. The zero-order valence-electron chi connectivity index (χ0n) is 23.4. The fraction of sp³-hybridized carbons (Fsp3) is 0.536. The number of methoxy groups -OCH3 is 1. The highest BCUT2D eigenvalue weighted by Crippen LogP contribution is 2.40. The van der Waals surface area contributed by atoms with E-state index in [-0.39, 0.29) is 35.2 Å². The van der Waals surface area contributed by atoms with Crippen molar-refractivity contribution in [3.8, 4) is 11.6 Å². The van der Waals surface area contributed by atoms with Crippen LogP contribution in [0.25, 0.3) is 0 Å². The minimum absolute atomic E-state index is 0.0422. The second-order valence-electron chi connectivity index (χ2n) is 10.7. The van der Waals surface area contributed by atoms with Crippen molar-refractivity contribution in [2.45, 2.75) is 65.2 Å². The Labute approximate surface area is 235 Å². The van der Waals surface area contributed by atoms with Crippen LogP contribution in [0.3, 0.4) is 0 Å². The van der Waals surface area contributed by atoms with Crippen LogP contribution in [0.15, 0.2) is 34.7 Å². The third-order valence-corrected chi connectivity index (χ3v) is 7.27. The van der Waals surface area contributed by atoms with Crippen LogP contribution in [0, 0.1) is 17.7 Å². The summed E-state index contributed by atoms with van der Waals surface area (Å²) >= 11 is 0. The maximum atomic E-state index is 15.5. The SMILES string of the molecule is COC(=O)c1cc(Oc2ncc(CN3CCN=N3)cc2C(F)(F)F)c(F)cc1N(C(=O)[C@H]1CC[C@H](C)CC1)C(C)C. The Kier molecular flexibility index (Phi) is 9.13. The molecule has 1 amide bonds. The molecule has 13 heteroatoms. The van der Waals surface area contributed by atoms with E-state index in [1.165, 1.54) is 16.1 Å². The first-order chi connectivity index (χ1) is 19.4. The first kappa shape index (κ1) is 30.2. The number of alkyl halides is 3. The van der Waals surface area contributed by atoms with Crippen LogP contribution in [-0.2, 0) is 22.3 Å². The molecule has 1 aromatic carbocycles. The summed E-state index contributed by atoms with van der Waals surface area (Å²) in [6.07, 6.45) is -0.599. The lowest BCUT2D eigenvalue weighted by atomic mass is 9.82. The van der Waals surface area contributed by atoms with Crippen molar-refractivity contribution in [1.29, 1.82) is 0 Å². The zero-order valence-corrected chi connectivity index (χ0v) is 23.4. The lowest BCUT2D eigenvalue weighted by Gasteiger charge is -2.34. The third-order valence-electron chi connectivity index (χ3n) is 7.27. The molecule has 1 aromatic heterocycles. The van der Waals surface area contributed by atoms with Gasteiger partial charge in [-0.05, 0) is 57.1 Å². The Bertz CT molecular complexity index is 1310. The van der Waals surface area contributed by atoms with Crippen LogP contribution < -0.4 is 9.64 Å². The van der Waals surface area contributed by atoms with E-state index < -0.39 is 41.2 Å². The minimum Gasteiger partial charge on any atom is -0.465 e. The van der Waals surface area contributed by atoms with E-state index in [4.69, 9.17) is 9.47 Å². The maximum Gasteiger partial charge on any atom is 0.421 e. The number of aromatic nitrogens is 1. The molecular weight excluding hydrogens is 546 g/mol. The highest BCUT2D eigenvalue weighted by Gasteiger charge is 2.37. The average molecular weight is 580 g/mol. The van der Waals surface area contributed by atoms with Gasteiger partial charge in [0.2, 0.25) is 11.8 Å². The molecule has 9 nitrogen and oxygen atoms in total. The van der Waals surface area contributed by atoms with E-state index in [0.717, 1.165) is 38.2 Å². The number of nitrogens with zero attached hydrogens (tertiary/aromatic N) is 5. The summed E-state index contributed by atoms with van der Waals surface area (Å²) < 4.78 is 67.6. The summed E-state index contributed by atoms with van der Waals surface area (Å²) in [6.45, 7) is 6.54. The van der Waals surface area contributed by atoms with Crippen molar-refractivity contribution in [3.63, 3.8) is 0 Å². The van der Waals surface area contributed by atoms with Crippen molar-refractivity contribution in [2.75, 3.05) is 25.1 Å². The molecule has 222 valence electrons. The number of hydrogen-bond donors (Lipinski definition) is 0. The molecule has 0 bridgehead atoms. The number of benzene rings is 1. The molecule has 0 unspecified atom stereocenters. The van der Waals surface area contributed by atoms with Crippen molar-refractivity contribution >= 4 is 17.6 Å². The lowest BCUT2D eigenvalue weighted by Crippen LogP contribution is -2.43. The number of anilines is 1. The summed E-state index contributed by atoms with van der Waals surface area (Å²) in [5.74, 6) is -3.58. The third kappa shape index (κ3) is 6.94. The summed E-state index contributed by atoms with van der Waals surface area (Å²) in [7, 11) is 1.11. The molecule has 0 saturated heterocycles. The number of carbonyl (C=O) groups is 2. The molecule has 0 spiro atoms. The first-order valence-corrected chi connectivity index (χ1v) is 13.5. The Balaban J connectivity index is 1.70. The van der Waals surface area contributed by atoms with Crippen LogP contribution in [0.2, 0.25) is 0 Å². The second-order valence-corrected chi connectivity index (χ2v) is 10.7. The van der Waals surface area contributed by atoms with Crippen LogP contribution in [0.1, 0.15) is 67.9 Å². The van der Waals surface area contributed by atoms with Crippen LogP contribution >= 0.6 is 0 Å². The molecule has 0 radical (unpaired) electrons. The Morgan fingerprint density at radius 3 is 2.44 bits per heavy atom. The number of esters is 1. The molecular formula is C28H33F4N5O4. The van der Waals surface area contributed by atoms with Gasteiger partial charge >= 0.3 is 12.1 Å². The molecule has 0 atom stereocenters. The van der Waals surface area contributed by atoms with Crippen LogP contribution in [-0.4, -0.2) is 48.1 Å². The van der Waals surface area contributed by atoms with Gasteiger partial charge in [-0.25, -0.2) is 14.2 Å². The smallest absolute Gasteiger partial charge is 0.421 e. The van der Waals surface area contributed by atoms with Gasteiger partial charge in [-0.1, -0.05) is 12.1 Å². The van der Waals surface area contributed by atoms with E-state index in [1.54, 1.807) is 13.8 Å². The fourth-order valence-corrected chi connectivity index (χ4v) is 5.08. The molecule has 4 rings (SSSR count). The van der Waals surface area contributed by atoms with Gasteiger partial charge in [-0.3, -0.25) is 9.80 Å². The van der Waals surface area contributed by atoms with Gasteiger partial charge in [0.15, 0.2) is 11.6 Å². The minimum atomic E-state index is -4.87. The Morgan fingerprint density at radius 1 is 1.15 bits per heavy atom. The maximum absolute atomic E-state index is 15.5. The van der Waals surface area contributed by atoms with Gasteiger partial charge in [-0.2, -0.15) is 18.3 Å². The molecule has 41 heavy (non-hydrogen) atoms. The average Bonchev–Trinajstić information content (AvgIpc) is 3.43. The van der Waals surface area contributed by atoms with E-state index in [0.29, 0.717) is 31.8 Å². The normalized spacial score (nSPS) is 19.0. The summed E-state index contributed by atoms with van der Waals surface area (Å²) in [6, 6.07) is 2.28. The van der Waals surface area contributed by atoms with E-state index in [1.807, 2.05) is 0 Å². The van der Waals surface area contributed by atoms with Crippen molar-refractivity contribution < 1.29 is 36.6 Å². The lowest BCUT2D eigenvalue weighted by molar-refractivity contribution is -0.139. The highest BCUT2D eigenvalue weighted by atomic mass is 19.4. The molecule has 2 heterocycles. The number of rotatable bonds is 8. The molecule has 0 N–H and O–H groups in total. The predicted octanol–water partition coefficient (Wildman–Crippen LogP) is 6.57. The van der Waals surface area contributed by atoms with E-state index in [9.17, 15) is 22.8 Å². The molecule has 1 aliphatic carbocycles. The first-order valence-electron chi connectivity index (χ1n) is 13.5. The number of amides is 1. The van der Waals surface area contributed by atoms with Gasteiger partial charge in [-0.15, -0.1) is 0 Å². The number of pyridine rings is 1. The predicted molar refractivity (Wildman–Crippen MR) is 141 cm³/mol. The highest BCUT2D eigenvalue weighted by molar-refractivity contribution is 6.04. The van der Waals surface area contributed by atoms with Gasteiger partial charge in [0.05, 0.1) is 38.0 Å². The van der Waals surface area contributed by atoms with E-state index >= 15 is 4.39 Å². The standard InChI is InChI=1S/C28H33F4N5O4/c1-16(2)37(26(38)19-7-5-17(3)6-8-19)23-13-22(29)24(12-20(23)27(39)40-4)41-25-21(28(30,31)32)11-18(14-33-25)15-36-10-9-34-35-36/h11-14,16-17,19H,5-10,15H2,1-4H3/t17-,19-. The van der Waals surface area contributed by atoms with Crippen molar-refractivity contribution in [3.05, 3.63) is 46.9 Å². The monoisotopic (exact) mass is 579 g/mol. The number of carbonyl (C=O) groups excluding carboxylic acids is 2. The summed E-state index contributed by atoms with van der Waals surface area (Å²) in [5.41, 5.74) is -1.28. The van der Waals surface area contributed by atoms with Gasteiger partial charge < -0.3 is 14.4 Å². The number of ether oxygens (including phenoxy) is 2. The summed E-state index contributed by atoms with van der Waals surface area (Å²) in [5, 5.41) is 9.12. The molecule has 1 saturated carbocycles. The van der Waals surface area contributed by atoms with Crippen molar-refractivity contribution in [2.24, 2.45) is 22.2 Å². The van der Waals surface area contributed by atoms with Gasteiger partial charge in [0.1, 0.15) is 5.56 Å². The molecule has 1 aliphatic heterocycles. The van der Waals surface area contributed by atoms with E-state index in [2.05, 4.69) is 22.2 Å². The van der Waals surface area contributed by atoms with Crippen molar-refractivity contribution in [1.82, 2.24) is 9.99 Å². The number of halogens is 4.